The highest BCUT2D eigenvalue weighted by atomic mass is 32.2. The fraction of sp³-hybridized carbons (Fsp3) is 0.657. The highest BCUT2D eigenvalue weighted by Gasteiger charge is 2.45. The topological polar surface area (TPSA) is 478 Å². The highest BCUT2D eigenvalue weighted by molar-refractivity contribution is 7.98. The molecular weight excluding hydrogens is 1390 g/mol. The minimum atomic E-state index is -1.73. The summed E-state index contributed by atoms with van der Waals surface area (Å²) in [7, 11) is 0. The molecule has 5 rings (SSSR count). The van der Waals surface area contributed by atoms with Crippen molar-refractivity contribution in [1.29, 1.82) is 0 Å². The van der Waals surface area contributed by atoms with E-state index in [-0.39, 0.29) is 93.8 Å². The monoisotopic (exact) mass is 1500 g/mol. The predicted molar refractivity (Wildman–Crippen MR) is 392 cm³/mol. The number of ether oxygens (including phenoxy) is 3. The Morgan fingerprint density at radius 2 is 1.21 bits per heavy atom. The van der Waals surface area contributed by atoms with Gasteiger partial charge in [-0.25, -0.2) is 4.79 Å². The van der Waals surface area contributed by atoms with E-state index in [0.717, 1.165) is 11.1 Å². The molecule has 0 radical (unpaired) electrons. The molecule has 32 nitrogen and oxygen atoms in total. The fourth-order valence-corrected chi connectivity index (χ4v) is 13.8. The summed E-state index contributed by atoms with van der Waals surface area (Å²) in [5.74, 6) is -8.43. The smallest absolute Gasteiger partial charge is 0.327 e. The van der Waals surface area contributed by atoms with Crippen molar-refractivity contribution >= 4 is 94.5 Å². The SMILES string of the molecule is CCCC[C@H](NC(=O)CCC(=O)NCCCOCCOCCOCCCNC(=O)C(CNCCN)CNCCN)C(=O)N[C@H]1CSCc2cccc(c2)CSC[C@@H](C(=O)O)NC(=O)[C@H](Cc2ccccc2)NC(=O)[C@H](CCC(N)=O)NC(=O)[C@H]([C@@H](C)O)NC(=O)[C@@H]2CCCN2C(=O)[C@@H]2CCCN2C1=O. The largest absolute Gasteiger partial charge is 0.480 e. The Kier molecular flexibility index (Phi) is 41.3. The van der Waals surface area contributed by atoms with E-state index in [2.05, 4.69) is 53.2 Å². The van der Waals surface area contributed by atoms with Crippen molar-refractivity contribution in [3.8, 4) is 0 Å². The minimum absolute atomic E-state index is 0.00784. The van der Waals surface area contributed by atoms with Crippen molar-refractivity contribution in [1.82, 2.24) is 63.0 Å². The first kappa shape index (κ1) is 87.1. The Morgan fingerprint density at radius 3 is 1.82 bits per heavy atom. The lowest BCUT2D eigenvalue weighted by Crippen LogP contribution is -2.61. The third-order valence-corrected chi connectivity index (χ3v) is 19.7. The Bertz CT molecular complexity index is 3050. The van der Waals surface area contributed by atoms with Gasteiger partial charge >= 0.3 is 5.97 Å². The molecule has 3 aliphatic rings. The number of carboxylic acid groups (broad SMARTS) is 1. The number of carbonyl (C=O) groups excluding carboxylic acids is 11. The summed E-state index contributed by atoms with van der Waals surface area (Å²) < 4.78 is 16.9. The molecule has 3 aliphatic heterocycles. The van der Waals surface area contributed by atoms with Crippen LogP contribution in [0.5, 0.6) is 0 Å². The first-order chi connectivity index (χ1) is 50.1. The lowest BCUT2D eigenvalue weighted by Gasteiger charge is -2.34. The molecule has 9 atom stereocenters. The number of hydrogen-bond acceptors (Lipinski definition) is 22. The van der Waals surface area contributed by atoms with E-state index >= 15 is 4.79 Å². The average Bonchev–Trinajstić information content (AvgIpc) is 1.63. The van der Waals surface area contributed by atoms with Crippen molar-refractivity contribution in [3.63, 3.8) is 0 Å². The summed E-state index contributed by atoms with van der Waals surface area (Å²) in [6.45, 7) is 9.52. The Hall–Kier alpha value is -7.54. The number of rotatable bonds is 39. The van der Waals surface area contributed by atoms with E-state index in [9.17, 15) is 63.0 Å². The maximum absolute atomic E-state index is 15.1. The number of aliphatic hydroxyl groups excluding tert-OH is 1. The van der Waals surface area contributed by atoms with Gasteiger partial charge in [-0.15, -0.1) is 0 Å². The molecule has 2 aromatic rings. The first-order valence-corrected chi connectivity index (χ1v) is 38.4. The number of carboxylic acids is 1. The van der Waals surface area contributed by atoms with Gasteiger partial charge in [0.2, 0.25) is 65.0 Å². The van der Waals surface area contributed by atoms with Crippen LogP contribution in [0.3, 0.4) is 0 Å². The number of fused-ring (bicyclic) bond motifs is 4. The van der Waals surface area contributed by atoms with Crippen LogP contribution in [0.2, 0.25) is 0 Å². The molecule has 0 unspecified atom stereocenters. The second-order valence-corrected chi connectivity index (χ2v) is 27.9. The molecule has 0 saturated carbocycles. The number of carbonyl (C=O) groups is 12. The highest BCUT2D eigenvalue weighted by Crippen LogP contribution is 2.28. The lowest BCUT2D eigenvalue weighted by atomic mass is 10.0. The Morgan fingerprint density at radius 1 is 0.635 bits per heavy atom. The van der Waals surface area contributed by atoms with Gasteiger partial charge in [-0.05, 0) is 75.0 Å². The van der Waals surface area contributed by atoms with Crippen LogP contribution in [-0.2, 0) is 89.7 Å². The number of aliphatic hydroxyl groups is 1. The molecule has 2 saturated heterocycles. The van der Waals surface area contributed by atoms with E-state index in [1.165, 1.54) is 40.2 Å². The molecule has 0 aliphatic carbocycles. The molecule has 34 heteroatoms. The molecule has 0 aromatic heterocycles. The molecule has 2 aromatic carbocycles. The van der Waals surface area contributed by atoms with E-state index in [1.54, 1.807) is 30.3 Å². The van der Waals surface area contributed by atoms with Crippen LogP contribution in [-0.4, -0.2) is 262 Å². The first-order valence-electron chi connectivity index (χ1n) is 36.1. The number of unbranched alkanes of at least 4 members (excludes halogenated alkanes) is 1. The minimum Gasteiger partial charge on any atom is -0.480 e. The van der Waals surface area contributed by atoms with Gasteiger partial charge in [0.1, 0.15) is 48.3 Å². The summed E-state index contributed by atoms with van der Waals surface area (Å²) in [6.07, 6.45) is 0.673. The molecular formula is C70H111N15O17S2. The third kappa shape index (κ3) is 32.0. The van der Waals surface area contributed by atoms with Gasteiger partial charge < -0.3 is 105 Å². The van der Waals surface area contributed by atoms with Gasteiger partial charge in [-0.3, -0.25) is 52.7 Å². The molecule has 18 N–H and O–H groups in total. The summed E-state index contributed by atoms with van der Waals surface area (Å²) in [5, 5.41) is 49.3. The summed E-state index contributed by atoms with van der Waals surface area (Å²) in [4.78, 5) is 168. The molecule has 104 heavy (non-hydrogen) atoms. The van der Waals surface area contributed by atoms with Gasteiger partial charge in [0, 0.05) is 127 Å². The van der Waals surface area contributed by atoms with Crippen LogP contribution in [0.4, 0.5) is 0 Å². The maximum atomic E-state index is 15.1. The number of amides is 11. The quantitative estimate of drug-likeness (QED) is 0.0315. The zero-order chi connectivity index (χ0) is 75.6. The standard InChI is InChI=1S/C70H111N15O17S2/c1-3-4-17-51(78-60(89)23-22-59(88)76-26-11-32-100-34-36-102-37-35-101-33-12-27-77-62(90)50(40-74-28-24-71)41-75-29-25-72)63(91)81-54-44-103-42-48-15-8-16-49(38-48)43-104-45-55(70(98)99)82-65(93)53(39-47-13-6-5-7-14-47)80-64(92)52(20-21-58(73)87)79-67(95)61(46(2)86)83-66(94)56-18-9-30-84(56)69(97)57-19-10-31-85(57)68(54)96/h5-8,13-16,38,46,50-57,61,74-75,86H,3-4,9-12,17-37,39-45,71-72H2,1-2H3,(H2,73,87)(H,76,88)(H,77,90)(H,78,89)(H,79,95)(H,80,92)(H,81,91)(H,82,93)(H,83,94)(H,98,99)/t46-,51+,52+,53+,54+,55+,56+,57+,61+/m1/s1. The maximum Gasteiger partial charge on any atom is 0.327 e. The van der Waals surface area contributed by atoms with Crippen molar-refractivity contribution < 1.29 is 82.0 Å². The van der Waals surface area contributed by atoms with E-state index in [1.807, 2.05) is 31.2 Å². The van der Waals surface area contributed by atoms with Crippen molar-refractivity contribution in [3.05, 3.63) is 71.3 Å². The number of nitrogens with zero attached hydrogens (tertiary/aromatic N) is 2. The van der Waals surface area contributed by atoms with Crippen molar-refractivity contribution in [2.45, 2.75) is 170 Å². The predicted octanol–water partition coefficient (Wildman–Crippen LogP) is -2.22. The van der Waals surface area contributed by atoms with E-state index in [4.69, 9.17) is 31.4 Å². The van der Waals surface area contributed by atoms with Crippen LogP contribution in [0.1, 0.15) is 114 Å². The second-order valence-electron chi connectivity index (χ2n) is 25.9. The molecule has 3 heterocycles. The number of nitrogens with two attached hydrogens (primary N) is 3. The van der Waals surface area contributed by atoms with Crippen molar-refractivity contribution in [2.75, 3.05) is 117 Å². The lowest BCUT2D eigenvalue weighted by molar-refractivity contribution is -0.148. The number of thioether (sulfide) groups is 2. The number of benzene rings is 2. The zero-order valence-electron chi connectivity index (χ0n) is 60.0. The summed E-state index contributed by atoms with van der Waals surface area (Å²) in [5.41, 5.74) is 18.8. The Labute approximate surface area is 617 Å². The number of aliphatic carboxylic acids is 1. The average molecular weight is 1500 g/mol. The molecule has 2 fully saturated rings. The zero-order valence-corrected chi connectivity index (χ0v) is 61.6. The van der Waals surface area contributed by atoms with Gasteiger partial charge in [-0.1, -0.05) is 74.4 Å². The van der Waals surface area contributed by atoms with Crippen LogP contribution in [0.15, 0.2) is 54.6 Å². The van der Waals surface area contributed by atoms with E-state index < -0.39 is 120 Å². The van der Waals surface area contributed by atoms with Crippen LogP contribution in [0.25, 0.3) is 0 Å². The second kappa shape index (κ2) is 49.3. The molecule has 2 bridgehead atoms. The van der Waals surface area contributed by atoms with Crippen LogP contribution < -0.4 is 70.4 Å². The molecule has 580 valence electrons. The summed E-state index contributed by atoms with van der Waals surface area (Å²) >= 11 is 2.54. The summed E-state index contributed by atoms with van der Waals surface area (Å²) in [6, 6.07) is 5.22. The van der Waals surface area contributed by atoms with Crippen molar-refractivity contribution in [2.24, 2.45) is 23.1 Å². The van der Waals surface area contributed by atoms with Gasteiger partial charge in [0.25, 0.3) is 0 Å². The van der Waals surface area contributed by atoms with Gasteiger partial charge in [0.05, 0.1) is 38.4 Å². The number of primary amides is 1. The Balaban J connectivity index is 1.21. The van der Waals surface area contributed by atoms with Gasteiger partial charge in [-0.2, -0.15) is 23.5 Å². The van der Waals surface area contributed by atoms with Gasteiger partial charge in [0.15, 0.2) is 0 Å². The van der Waals surface area contributed by atoms with E-state index in [0.29, 0.717) is 141 Å². The fourth-order valence-electron chi connectivity index (χ4n) is 11.8. The van der Waals surface area contributed by atoms with Crippen LogP contribution in [0, 0.1) is 5.92 Å². The normalized spacial score (nSPS) is 21.0. The van der Waals surface area contributed by atoms with Crippen LogP contribution >= 0.6 is 23.5 Å². The number of nitrogens with one attached hydrogen (secondary N) is 10. The third-order valence-electron chi connectivity index (χ3n) is 17.4. The molecule has 11 amide bonds. The number of hydrogen-bond donors (Lipinski definition) is 15. The molecule has 0 spiro atoms.